The molecule has 0 aliphatic rings. The number of aromatic amines is 1. The number of nitrogens with two attached hydrogens (primary N) is 1. The topological polar surface area (TPSA) is 118 Å². The lowest BCUT2D eigenvalue weighted by Crippen LogP contribution is -2.01. The summed E-state index contributed by atoms with van der Waals surface area (Å²) < 4.78 is 11.0. The first-order valence-corrected chi connectivity index (χ1v) is 10.00. The van der Waals surface area contributed by atoms with Crippen LogP contribution in [-0.2, 0) is 6.61 Å². The molecule has 0 amide bonds. The van der Waals surface area contributed by atoms with Gasteiger partial charge in [0.15, 0.2) is 0 Å². The van der Waals surface area contributed by atoms with E-state index < -0.39 is 0 Å². The van der Waals surface area contributed by atoms with Gasteiger partial charge in [-0.05, 0) is 60.2 Å². The predicted octanol–water partition coefficient (Wildman–Crippen LogP) is 4.73. The number of nitrogen functional groups attached to an aromatic ring is 1. The van der Waals surface area contributed by atoms with Gasteiger partial charge >= 0.3 is 0 Å². The van der Waals surface area contributed by atoms with Crippen LogP contribution in [0.25, 0.3) is 21.9 Å². The van der Waals surface area contributed by atoms with Crippen molar-refractivity contribution in [3.63, 3.8) is 0 Å². The van der Waals surface area contributed by atoms with Gasteiger partial charge in [0, 0.05) is 16.6 Å². The van der Waals surface area contributed by atoms with Gasteiger partial charge in [0.2, 0.25) is 5.95 Å². The minimum absolute atomic E-state index is 0.148. The van der Waals surface area contributed by atoms with Gasteiger partial charge in [-0.25, -0.2) is 0 Å². The summed E-state index contributed by atoms with van der Waals surface area (Å²) in [7, 11) is 1.64. The number of benzene rings is 3. The quantitative estimate of drug-likeness (QED) is 0.309. The highest BCUT2D eigenvalue weighted by Crippen LogP contribution is 2.33. The number of hydrogen-bond acceptors (Lipinski definition) is 7. The Morgan fingerprint density at radius 3 is 2.47 bits per heavy atom. The van der Waals surface area contributed by atoms with E-state index in [1.165, 1.54) is 0 Å². The molecule has 0 spiro atoms. The first-order chi connectivity index (χ1) is 15.6. The van der Waals surface area contributed by atoms with Gasteiger partial charge in [-0.1, -0.05) is 12.1 Å². The maximum Gasteiger partial charge on any atom is 0.224 e. The summed E-state index contributed by atoms with van der Waals surface area (Å²) in [6.45, 7) is 0.457. The zero-order valence-electron chi connectivity index (χ0n) is 17.3. The molecule has 0 unspecified atom stereocenters. The van der Waals surface area contributed by atoms with E-state index in [4.69, 9.17) is 15.2 Å². The monoisotopic (exact) mass is 427 g/mol. The molecule has 8 nitrogen and oxygen atoms in total. The highest BCUT2D eigenvalue weighted by molar-refractivity contribution is 6.12. The highest BCUT2D eigenvalue weighted by Gasteiger charge is 2.14. The molecule has 0 saturated heterocycles. The molecule has 0 aliphatic heterocycles. The van der Waals surface area contributed by atoms with Crippen LogP contribution < -0.4 is 20.5 Å². The molecule has 32 heavy (non-hydrogen) atoms. The van der Waals surface area contributed by atoms with Crippen molar-refractivity contribution in [3.8, 4) is 17.2 Å². The van der Waals surface area contributed by atoms with E-state index in [0.29, 0.717) is 18.1 Å². The Balaban J connectivity index is 1.37. The summed E-state index contributed by atoms with van der Waals surface area (Å²) in [5.74, 6) is 2.43. The summed E-state index contributed by atoms with van der Waals surface area (Å²) in [5.41, 5.74) is 9.21. The number of H-pyrrole nitrogens is 1. The minimum Gasteiger partial charge on any atom is -0.508 e. The van der Waals surface area contributed by atoms with E-state index in [2.05, 4.69) is 20.3 Å². The van der Waals surface area contributed by atoms with Crippen LogP contribution in [0.1, 0.15) is 5.56 Å². The number of anilines is 3. The number of hydrogen-bond donors (Lipinski definition) is 4. The zero-order chi connectivity index (χ0) is 22.1. The first-order valence-electron chi connectivity index (χ1n) is 10.00. The Hall–Kier alpha value is -4.46. The van der Waals surface area contributed by atoms with Crippen molar-refractivity contribution in [2.75, 3.05) is 18.2 Å². The molecule has 3 aromatic carbocycles. The molecule has 0 saturated carbocycles. The van der Waals surface area contributed by atoms with Crippen molar-refractivity contribution < 1.29 is 14.6 Å². The van der Waals surface area contributed by atoms with Crippen LogP contribution in [0.5, 0.6) is 17.2 Å². The van der Waals surface area contributed by atoms with Gasteiger partial charge in [0.25, 0.3) is 0 Å². The zero-order valence-corrected chi connectivity index (χ0v) is 17.3. The Kier molecular flexibility index (Phi) is 4.87. The third-order valence-corrected chi connectivity index (χ3v) is 5.13. The second-order valence-corrected chi connectivity index (χ2v) is 7.30. The van der Waals surface area contributed by atoms with Gasteiger partial charge in [-0.3, -0.25) is 0 Å². The molecule has 2 heterocycles. The minimum atomic E-state index is 0.148. The number of fused-ring (bicyclic) bond motifs is 3. The van der Waals surface area contributed by atoms with E-state index in [0.717, 1.165) is 39.0 Å². The molecule has 8 heteroatoms. The number of aromatic nitrogens is 3. The molecule has 5 aromatic rings. The Morgan fingerprint density at radius 1 is 0.969 bits per heavy atom. The fourth-order valence-electron chi connectivity index (χ4n) is 3.55. The summed E-state index contributed by atoms with van der Waals surface area (Å²) >= 11 is 0. The fourth-order valence-corrected chi connectivity index (χ4v) is 3.55. The van der Waals surface area contributed by atoms with Crippen LogP contribution in [-0.4, -0.2) is 27.2 Å². The molecule has 160 valence electrons. The number of methoxy groups -OCH3 is 1. The number of phenolic OH excluding ortho intramolecular Hbond substituents is 1. The molecule has 5 rings (SSSR count). The number of nitrogens with one attached hydrogen (secondary N) is 2. The van der Waals surface area contributed by atoms with Crippen LogP contribution >= 0.6 is 0 Å². The van der Waals surface area contributed by atoms with Gasteiger partial charge in [-0.15, -0.1) is 0 Å². The fraction of sp³-hybridized carbons (Fsp3) is 0.0833. The first kappa shape index (κ1) is 19.5. The lowest BCUT2D eigenvalue weighted by molar-refractivity contribution is 0.306. The Morgan fingerprint density at radius 2 is 1.72 bits per heavy atom. The maximum atomic E-state index is 9.91. The molecule has 2 aromatic heterocycles. The number of phenols is 1. The predicted molar refractivity (Wildman–Crippen MR) is 125 cm³/mol. The molecule has 0 atom stereocenters. The maximum absolute atomic E-state index is 9.91. The van der Waals surface area contributed by atoms with Crippen LogP contribution in [0.15, 0.2) is 66.7 Å². The van der Waals surface area contributed by atoms with Crippen molar-refractivity contribution in [1.82, 2.24) is 15.0 Å². The lowest BCUT2D eigenvalue weighted by atomic mass is 10.2. The van der Waals surface area contributed by atoms with Crippen LogP contribution in [0.4, 0.5) is 17.5 Å². The summed E-state index contributed by atoms with van der Waals surface area (Å²) in [4.78, 5) is 11.9. The lowest BCUT2D eigenvalue weighted by Gasteiger charge is -2.10. The van der Waals surface area contributed by atoms with Crippen LogP contribution in [0.3, 0.4) is 0 Å². The van der Waals surface area contributed by atoms with Crippen LogP contribution in [0, 0.1) is 0 Å². The molecule has 5 N–H and O–H groups in total. The SMILES string of the molecule is COc1ccc(COc2ccc(Nc3nc(N)nc4[nH]c5ccc(O)cc5c34)cc2)cc1. The van der Waals surface area contributed by atoms with Crippen molar-refractivity contribution >= 4 is 39.4 Å². The van der Waals surface area contributed by atoms with Gasteiger partial charge < -0.3 is 30.6 Å². The average Bonchev–Trinajstić information content (AvgIpc) is 3.16. The van der Waals surface area contributed by atoms with Crippen molar-refractivity contribution in [1.29, 1.82) is 0 Å². The Labute approximate surface area is 183 Å². The van der Waals surface area contributed by atoms with Gasteiger partial charge in [0.05, 0.1) is 12.5 Å². The van der Waals surface area contributed by atoms with Crippen molar-refractivity contribution in [3.05, 3.63) is 72.3 Å². The second kappa shape index (κ2) is 7.99. The average molecular weight is 427 g/mol. The number of ether oxygens (including phenoxy) is 2. The third kappa shape index (κ3) is 3.81. The van der Waals surface area contributed by atoms with Crippen molar-refractivity contribution in [2.24, 2.45) is 0 Å². The molecule has 0 radical (unpaired) electrons. The molecule has 0 fully saturated rings. The van der Waals surface area contributed by atoms with Gasteiger partial charge in [-0.2, -0.15) is 9.97 Å². The van der Waals surface area contributed by atoms with Crippen LogP contribution in [0.2, 0.25) is 0 Å². The number of aromatic hydroxyl groups is 1. The summed E-state index contributed by atoms with van der Waals surface area (Å²) in [6.07, 6.45) is 0. The highest BCUT2D eigenvalue weighted by atomic mass is 16.5. The normalized spacial score (nSPS) is 11.0. The largest absolute Gasteiger partial charge is 0.508 e. The second-order valence-electron chi connectivity index (χ2n) is 7.30. The number of rotatable bonds is 6. The smallest absolute Gasteiger partial charge is 0.224 e. The number of nitrogens with zero attached hydrogens (tertiary/aromatic N) is 2. The third-order valence-electron chi connectivity index (χ3n) is 5.13. The Bertz CT molecular complexity index is 1400. The van der Waals surface area contributed by atoms with E-state index in [9.17, 15) is 5.11 Å². The standard InChI is InChI=1S/C24H21N5O3/c1-31-17-7-2-14(3-8-17)13-32-18-9-4-15(5-10-18)26-22-21-19-12-16(30)6-11-20(19)27-23(21)29-24(25)28-22/h2-12,30H,13H2,1H3,(H4,25,26,27,28,29). The van der Waals surface area contributed by atoms with E-state index in [1.54, 1.807) is 25.3 Å². The molecular formula is C24H21N5O3. The molecular weight excluding hydrogens is 406 g/mol. The van der Waals surface area contributed by atoms with Crippen molar-refractivity contribution in [2.45, 2.75) is 6.61 Å². The molecule has 0 aliphatic carbocycles. The van der Waals surface area contributed by atoms with E-state index in [-0.39, 0.29) is 11.7 Å². The van der Waals surface area contributed by atoms with Gasteiger partial charge in [0.1, 0.15) is 35.3 Å². The summed E-state index contributed by atoms with van der Waals surface area (Å²) in [6, 6.07) is 20.4. The van der Waals surface area contributed by atoms with E-state index >= 15 is 0 Å². The summed E-state index contributed by atoms with van der Waals surface area (Å²) in [5, 5.41) is 14.8. The van der Waals surface area contributed by atoms with E-state index in [1.807, 2.05) is 48.5 Å². The molecule has 0 bridgehead atoms.